The fourth-order valence-electron chi connectivity index (χ4n) is 1.24. The molecular weight excluding hydrogens is 235 g/mol. The largest absolute Gasteiger partial charge is 0.461 e. The summed E-state index contributed by atoms with van der Waals surface area (Å²) >= 11 is 11.5. The molecule has 15 heavy (non-hydrogen) atoms. The van der Waals surface area contributed by atoms with Gasteiger partial charge in [0.1, 0.15) is 5.15 Å². The number of hydrogen-bond donors (Lipinski definition) is 0. The summed E-state index contributed by atoms with van der Waals surface area (Å²) in [6.07, 6.45) is 1.59. The monoisotopic (exact) mass is 242 g/mol. The van der Waals surface area contributed by atoms with E-state index in [9.17, 15) is 0 Å². The number of halogens is 2. The number of nitrogens with zero attached hydrogens (tertiary/aromatic N) is 2. The Hall–Kier alpha value is -1.06. The summed E-state index contributed by atoms with van der Waals surface area (Å²) in [5, 5.41) is 0.367. The van der Waals surface area contributed by atoms with Gasteiger partial charge in [0.2, 0.25) is 0 Å². The second kappa shape index (κ2) is 4.21. The lowest BCUT2D eigenvalue weighted by Crippen LogP contribution is -1.94. The van der Waals surface area contributed by atoms with Gasteiger partial charge >= 0.3 is 0 Å². The summed E-state index contributed by atoms with van der Waals surface area (Å²) in [5.74, 6) is 1.40. The van der Waals surface area contributed by atoms with E-state index in [2.05, 4.69) is 9.97 Å². The van der Waals surface area contributed by atoms with Crippen molar-refractivity contribution in [3.8, 4) is 11.6 Å². The lowest BCUT2D eigenvalue weighted by atomic mass is 10.2. The Labute approximate surface area is 97.1 Å². The van der Waals surface area contributed by atoms with E-state index in [1.807, 2.05) is 13.0 Å². The van der Waals surface area contributed by atoms with Crippen LogP contribution >= 0.6 is 23.2 Å². The van der Waals surface area contributed by atoms with Crippen molar-refractivity contribution in [1.29, 1.82) is 0 Å². The molecule has 2 rings (SSSR count). The fourth-order valence-corrected chi connectivity index (χ4v) is 1.58. The van der Waals surface area contributed by atoms with E-state index in [-0.39, 0.29) is 0 Å². The molecule has 0 aromatic carbocycles. The van der Waals surface area contributed by atoms with Crippen molar-refractivity contribution in [2.75, 3.05) is 0 Å². The molecule has 0 unspecified atom stereocenters. The molecule has 0 fully saturated rings. The van der Waals surface area contributed by atoms with Crippen LogP contribution < -0.4 is 0 Å². The minimum absolute atomic E-state index is 0.301. The summed E-state index contributed by atoms with van der Waals surface area (Å²) in [7, 11) is 0. The van der Waals surface area contributed by atoms with Gasteiger partial charge in [-0.2, -0.15) is 0 Å². The van der Waals surface area contributed by atoms with Crippen molar-refractivity contribution in [3.05, 3.63) is 34.8 Å². The summed E-state index contributed by atoms with van der Waals surface area (Å²) in [4.78, 5) is 8.32. The third kappa shape index (κ3) is 2.13. The van der Waals surface area contributed by atoms with Crippen LogP contribution in [-0.2, 0) is 5.88 Å². The molecule has 2 heterocycles. The number of rotatable bonds is 2. The molecule has 0 spiro atoms. The Morgan fingerprint density at radius 3 is 2.80 bits per heavy atom. The summed E-state index contributed by atoms with van der Waals surface area (Å²) in [5.41, 5.74) is 1.65. The van der Waals surface area contributed by atoms with Crippen LogP contribution in [0.15, 0.2) is 22.8 Å². The molecule has 0 atom stereocenters. The van der Waals surface area contributed by atoms with Crippen molar-refractivity contribution >= 4 is 23.2 Å². The van der Waals surface area contributed by atoms with E-state index in [1.165, 1.54) is 0 Å². The third-order valence-electron chi connectivity index (χ3n) is 1.95. The third-order valence-corrected chi connectivity index (χ3v) is 2.42. The molecule has 2 aromatic rings. The summed E-state index contributed by atoms with van der Waals surface area (Å²) in [6, 6.07) is 3.48. The van der Waals surface area contributed by atoms with Crippen LogP contribution in [0.4, 0.5) is 0 Å². The molecule has 0 radical (unpaired) electrons. The fraction of sp³-hybridized carbons (Fsp3) is 0.200. The topological polar surface area (TPSA) is 38.9 Å². The number of furan rings is 1. The van der Waals surface area contributed by atoms with Gasteiger partial charge in [-0.3, -0.25) is 0 Å². The van der Waals surface area contributed by atoms with E-state index in [4.69, 9.17) is 27.6 Å². The van der Waals surface area contributed by atoms with E-state index in [0.29, 0.717) is 28.3 Å². The van der Waals surface area contributed by atoms with Crippen LogP contribution in [0.3, 0.4) is 0 Å². The Morgan fingerprint density at radius 2 is 2.20 bits per heavy atom. The van der Waals surface area contributed by atoms with Gasteiger partial charge in [-0.15, -0.1) is 11.6 Å². The minimum atomic E-state index is 0.301. The number of aryl methyl sites for hydroxylation is 1. The smallest absolute Gasteiger partial charge is 0.197 e. The molecular formula is C10H8Cl2N2O. The molecule has 78 valence electrons. The van der Waals surface area contributed by atoms with Crippen LogP contribution in [0.1, 0.15) is 11.3 Å². The number of aromatic nitrogens is 2. The van der Waals surface area contributed by atoms with Crippen molar-refractivity contribution in [2.45, 2.75) is 12.8 Å². The van der Waals surface area contributed by atoms with Crippen LogP contribution in [0.2, 0.25) is 5.15 Å². The highest BCUT2D eigenvalue weighted by Crippen LogP contribution is 2.22. The molecule has 0 saturated heterocycles. The molecule has 0 amide bonds. The first-order chi connectivity index (χ1) is 7.20. The first kappa shape index (κ1) is 10.5. The van der Waals surface area contributed by atoms with Gasteiger partial charge in [0, 0.05) is 0 Å². The van der Waals surface area contributed by atoms with Gasteiger partial charge in [0.25, 0.3) is 0 Å². The Bertz CT molecular complexity index is 482. The first-order valence-electron chi connectivity index (χ1n) is 4.34. The van der Waals surface area contributed by atoms with Gasteiger partial charge in [-0.1, -0.05) is 11.6 Å². The molecule has 3 nitrogen and oxygen atoms in total. The Balaban J connectivity index is 2.53. The molecule has 5 heteroatoms. The maximum Gasteiger partial charge on any atom is 0.197 e. The van der Waals surface area contributed by atoms with E-state index < -0.39 is 0 Å². The van der Waals surface area contributed by atoms with Crippen LogP contribution in [0, 0.1) is 6.92 Å². The Morgan fingerprint density at radius 1 is 1.40 bits per heavy atom. The molecule has 0 aliphatic heterocycles. The van der Waals surface area contributed by atoms with Crippen molar-refractivity contribution in [2.24, 2.45) is 0 Å². The quantitative estimate of drug-likeness (QED) is 0.599. The molecule has 0 N–H and O–H groups in total. The van der Waals surface area contributed by atoms with Crippen molar-refractivity contribution in [3.63, 3.8) is 0 Å². The standard InChI is InChI=1S/C10H8Cl2N2O/c1-6-2-3-15-9(6)10-13-7(5-11)4-8(12)14-10/h2-4H,5H2,1H3. The van der Waals surface area contributed by atoms with Gasteiger partial charge in [-0.25, -0.2) is 9.97 Å². The van der Waals surface area contributed by atoms with Gasteiger partial charge < -0.3 is 4.42 Å². The average Bonchev–Trinajstić information content (AvgIpc) is 2.63. The van der Waals surface area contributed by atoms with Crippen molar-refractivity contribution in [1.82, 2.24) is 9.97 Å². The highest BCUT2D eigenvalue weighted by atomic mass is 35.5. The zero-order valence-electron chi connectivity index (χ0n) is 8.00. The maximum absolute atomic E-state index is 5.85. The van der Waals surface area contributed by atoms with Crippen LogP contribution in [0.5, 0.6) is 0 Å². The van der Waals surface area contributed by atoms with Gasteiger partial charge in [0.05, 0.1) is 17.8 Å². The SMILES string of the molecule is Cc1ccoc1-c1nc(Cl)cc(CCl)n1. The number of alkyl halides is 1. The summed E-state index contributed by atoms with van der Waals surface area (Å²) in [6.45, 7) is 1.92. The van der Waals surface area contributed by atoms with Crippen LogP contribution in [0.25, 0.3) is 11.6 Å². The zero-order chi connectivity index (χ0) is 10.8. The highest BCUT2D eigenvalue weighted by Gasteiger charge is 2.10. The van der Waals surface area contributed by atoms with Gasteiger partial charge in [0.15, 0.2) is 11.6 Å². The number of hydrogen-bond acceptors (Lipinski definition) is 3. The predicted octanol–water partition coefficient (Wildman–Crippen LogP) is 3.44. The Kier molecular flexibility index (Phi) is 2.93. The highest BCUT2D eigenvalue weighted by molar-refractivity contribution is 6.29. The second-order valence-corrected chi connectivity index (χ2v) is 3.73. The van der Waals surface area contributed by atoms with Crippen LogP contribution in [-0.4, -0.2) is 9.97 Å². The first-order valence-corrected chi connectivity index (χ1v) is 5.26. The molecule has 0 aliphatic carbocycles. The molecule has 2 aromatic heterocycles. The van der Waals surface area contributed by atoms with E-state index in [1.54, 1.807) is 12.3 Å². The van der Waals surface area contributed by atoms with Gasteiger partial charge in [-0.05, 0) is 24.6 Å². The molecule has 0 aliphatic rings. The second-order valence-electron chi connectivity index (χ2n) is 3.07. The van der Waals surface area contributed by atoms with Crippen molar-refractivity contribution < 1.29 is 4.42 Å². The maximum atomic E-state index is 5.85. The van der Waals surface area contributed by atoms with E-state index in [0.717, 1.165) is 5.56 Å². The molecule has 0 saturated carbocycles. The molecule has 0 bridgehead atoms. The minimum Gasteiger partial charge on any atom is -0.461 e. The average molecular weight is 243 g/mol. The summed E-state index contributed by atoms with van der Waals surface area (Å²) < 4.78 is 5.28. The predicted molar refractivity (Wildman–Crippen MR) is 59.0 cm³/mol. The normalized spacial score (nSPS) is 10.6. The zero-order valence-corrected chi connectivity index (χ0v) is 9.51. The lowest BCUT2D eigenvalue weighted by Gasteiger charge is -2.01. The van der Waals surface area contributed by atoms with E-state index >= 15 is 0 Å². The lowest BCUT2D eigenvalue weighted by molar-refractivity contribution is 0.575.